The van der Waals surface area contributed by atoms with Crippen LogP contribution in [0.1, 0.15) is 6.92 Å². The lowest BCUT2D eigenvalue weighted by molar-refractivity contribution is 0.637. The van der Waals surface area contributed by atoms with Crippen molar-refractivity contribution in [1.29, 1.82) is 0 Å². The number of halogens is 1. The molecule has 0 fully saturated rings. The molecule has 1 aromatic carbocycles. The van der Waals surface area contributed by atoms with Crippen LogP contribution in [-0.4, -0.2) is 25.6 Å². The lowest BCUT2D eigenvalue weighted by Crippen LogP contribution is -2.07. The number of imidazole rings is 2. The largest absolute Gasteiger partial charge is 0.335 e. The van der Waals surface area contributed by atoms with E-state index in [2.05, 4.69) is 9.97 Å². The molecule has 0 atom stereocenters. The first kappa shape index (κ1) is 12.8. The van der Waals surface area contributed by atoms with Crippen LogP contribution >= 0.6 is 0 Å². The van der Waals surface area contributed by atoms with Gasteiger partial charge < -0.3 is 14.9 Å². The number of nitrogens with two attached hydrogens (primary N) is 1. The molecule has 2 heterocycles. The van der Waals surface area contributed by atoms with Crippen LogP contribution < -0.4 is 5.73 Å². The summed E-state index contributed by atoms with van der Waals surface area (Å²) in [6.07, 6.45) is 3.61. The second-order valence-corrected chi connectivity index (χ2v) is 4.57. The summed E-state index contributed by atoms with van der Waals surface area (Å²) in [7, 11) is 0. The molecule has 0 aliphatic heterocycles. The second-order valence-electron chi connectivity index (χ2n) is 4.57. The first-order valence-corrected chi connectivity index (χ1v) is 6.61. The lowest BCUT2D eigenvalue weighted by atomic mass is 10.3. The van der Waals surface area contributed by atoms with Crippen molar-refractivity contribution in [3.8, 4) is 11.5 Å². The van der Waals surface area contributed by atoms with Crippen LogP contribution in [-0.2, 0) is 13.1 Å². The van der Waals surface area contributed by atoms with Crippen LogP contribution in [0.3, 0.4) is 0 Å². The minimum atomic E-state index is -0.308. The van der Waals surface area contributed by atoms with Gasteiger partial charge in [0.05, 0.1) is 11.8 Å². The molecule has 0 bridgehead atoms. The minimum absolute atomic E-state index is 0.308. The van der Waals surface area contributed by atoms with Gasteiger partial charge in [0, 0.05) is 25.8 Å². The number of fused-ring (bicyclic) bond motifs is 1. The minimum Gasteiger partial charge on any atom is -0.335 e. The summed E-state index contributed by atoms with van der Waals surface area (Å²) in [5, 5.41) is 0. The highest BCUT2D eigenvalue weighted by Gasteiger charge is 2.15. The number of hydrogen-bond acceptors (Lipinski definition) is 3. The van der Waals surface area contributed by atoms with E-state index in [1.54, 1.807) is 12.4 Å². The van der Waals surface area contributed by atoms with Gasteiger partial charge in [-0.3, -0.25) is 0 Å². The van der Waals surface area contributed by atoms with Gasteiger partial charge in [0.15, 0.2) is 11.6 Å². The predicted octanol–water partition coefficient (Wildman–Crippen LogP) is 2.02. The van der Waals surface area contributed by atoms with E-state index in [0.29, 0.717) is 31.0 Å². The third-order valence-corrected chi connectivity index (χ3v) is 3.30. The molecule has 0 unspecified atom stereocenters. The molecule has 6 heteroatoms. The molecular weight excluding hydrogens is 257 g/mol. The Balaban J connectivity index is 2.16. The summed E-state index contributed by atoms with van der Waals surface area (Å²) in [5.41, 5.74) is 7.43. The van der Waals surface area contributed by atoms with E-state index in [9.17, 15) is 4.39 Å². The van der Waals surface area contributed by atoms with E-state index >= 15 is 0 Å². The number of nitrogens with zero attached hydrogens (tertiary/aromatic N) is 4. The Morgan fingerprint density at radius 1 is 1.35 bits per heavy atom. The van der Waals surface area contributed by atoms with Crippen LogP contribution in [0.2, 0.25) is 0 Å². The monoisotopic (exact) mass is 273 g/mol. The maximum absolute atomic E-state index is 13.8. The van der Waals surface area contributed by atoms with Crippen molar-refractivity contribution < 1.29 is 4.39 Å². The van der Waals surface area contributed by atoms with Gasteiger partial charge in [0.2, 0.25) is 0 Å². The highest BCUT2D eigenvalue weighted by molar-refractivity contribution is 5.80. The first-order valence-electron chi connectivity index (χ1n) is 6.61. The molecule has 3 aromatic rings. The van der Waals surface area contributed by atoms with Crippen molar-refractivity contribution in [2.45, 2.75) is 20.0 Å². The van der Waals surface area contributed by atoms with E-state index in [0.717, 1.165) is 11.2 Å². The smallest absolute Gasteiger partial charge is 0.161 e. The Kier molecular flexibility index (Phi) is 3.23. The van der Waals surface area contributed by atoms with Gasteiger partial charge >= 0.3 is 0 Å². The van der Waals surface area contributed by atoms with Crippen LogP contribution in [0, 0.1) is 5.82 Å². The predicted molar refractivity (Wildman–Crippen MR) is 75.6 cm³/mol. The zero-order valence-corrected chi connectivity index (χ0v) is 11.3. The van der Waals surface area contributed by atoms with Crippen molar-refractivity contribution in [2.75, 3.05) is 6.54 Å². The number of rotatable bonds is 4. The second kappa shape index (κ2) is 5.05. The standard InChI is InChI=1S/C14H16FN5/c1-2-20-12-5-3-4-10(15)13(12)18-14(20)11-8-19(7-6-16)9-17-11/h3-5,8-9H,2,6-7,16H2,1H3. The van der Waals surface area contributed by atoms with Crippen molar-refractivity contribution in [3.63, 3.8) is 0 Å². The summed E-state index contributed by atoms with van der Waals surface area (Å²) in [4.78, 5) is 8.75. The summed E-state index contributed by atoms with van der Waals surface area (Å²) >= 11 is 0. The number of aromatic nitrogens is 4. The third-order valence-electron chi connectivity index (χ3n) is 3.30. The van der Waals surface area contributed by atoms with Gasteiger partial charge in [-0.25, -0.2) is 14.4 Å². The molecule has 0 radical (unpaired) electrons. The number of aryl methyl sites for hydroxylation is 1. The fraction of sp³-hybridized carbons (Fsp3) is 0.286. The molecule has 2 N–H and O–H groups in total. The van der Waals surface area contributed by atoms with E-state index in [4.69, 9.17) is 5.73 Å². The van der Waals surface area contributed by atoms with E-state index in [1.807, 2.05) is 28.3 Å². The molecule has 20 heavy (non-hydrogen) atoms. The molecular formula is C14H16FN5. The summed E-state index contributed by atoms with van der Waals surface area (Å²) in [6.45, 7) is 3.97. The molecule has 104 valence electrons. The van der Waals surface area contributed by atoms with E-state index < -0.39 is 0 Å². The van der Waals surface area contributed by atoms with Gasteiger partial charge in [-0.15, -0.1) is 0 Å². The fourth-order valence-electron chi connectivity index (χ4n) is 2.38. The van der Waals surface area contributed by atoms with Gasteiger partial charge in [-0.2, -0.15) is 0 Å². The highest BCUT2D eigenvalue weighted by atomic mass is 19.1. The first-order chi connectivity index (χ1) is 9.74. The van der Waals surface area contributed by atoms with Gasteiger partial charge in [-0.05, 0) is 19.1 Å². The van der Waals surface area contributed by atoms with Crippen molar-refractivity contribution in [3.05, 3.63) is 36.5 Å². The molecule has 3 rings (SSSR count). The van der Waals surface area contributed by atoms with Crippen molar-refractivity contribution in [1.82, 2.24) is 19.1 Å². The SMILES string of the molecule is CCn1c(-c2cn(CCN)cn2)nc2c(F)cccc21. The maximum Gasteiger partial charge on any atom is 0.161 e. The molecule has 2 aromatic heterocycles. The van der Waals surface area contributed by atoms with Gasteiger partial charge in [-0.1, -0.05) is 6.07 Å². The molecule has 0 spiro atoms. The van der Waals surface area contributed by atoms with Gasteiger partial charge in [0.25, 0.3) is 0 Å². The Labute approximate surface area is 115 Å². The summed E-state index contributed by atoms with van der Waals surface area (Å²) < 4.78 is 17.7. The Morgan fingerprint density at radius 3 is 2.95 bits per heavy atom. The molecule has 5 nitrogen and oxygen atoms in total. The Bertz CT molecular complexity index is 743. The van der Waals surface area contributed by atoms with Crippen LogP contribution in [0.25, 0.3) is 22.6 Å². The number of para-hydroxylation sites is 1. The van der Waals surface area contributed by atoms with Crippen molar-refractivity contribution in [2.24, 2.45) is 5.73 Å². The zero-order valence-electron chi connectivity index (χ0n) is 11.3. The highest BCUT2D eigenvalue weighted by Crippen LogP contribution is 2.25. The summed E-state index contributed by atoms with van der Waals surface area (Å²) in [5.74, 6) is 0.376. The lowest BCUT2D eigenvalue weighted by Gasteiger charge is -2.03. The van der Waals surface area contributed by atoms with Gasteiger partial charge in [0.1, 0.15) is 11.2 Å². The maximum atomic E-state index is 13.8. The Hall–Kier alpha value is -2.21. The number of hydrogen-bond donors (Lipinski definition) is 1. The fourth-order valence-corrected chi connectivity index (χ4v) is 2.38. The van der Waals surface area contributed by atoms with Crippen LogP contribution in [0.4, 0.5) is 4.39 Å². The van der Waals surface area contributed by atoms with E-state index in [1.165, 1.54) is 6.07 Å². The quantitative estimate of drug-likeness (QED) is 0.791. The van der Waals surface area contributed by atoms with Crippen LogP contribution in [0.15, 0.2) is 30.7 Å². The van der Waals surface area contributed by atoms with E-state index in [-0.39, 0.29) is 5.82 Å². The molecule has 0 amide bonds. The average Bonchev–Trinajstić information content (AvgIpc) is 3.03. The zero-order chi connectivity index (χ0) is 14.1. The molecule has 0 saturated carbocycles. The third kappa shape index (κ3) is 1.98. The van der Waals surface area contributed by atoms with Crippen LogP contribution in [0.5, 0.6) is 0 Å². The Morgan fingerprint density at radius 2 is 2.20 bits per heavy atom. The molecule has 0 aliphatic carbocycles. The normalized spacial score (nSPS) is 11.3. The van der Waals surface area contributed by atoms with Crippen molar-refractivity contribution >= 4 is 11.0 Å². The summed E-state index contributed by atoms with van der Waals surface area (Å²) in [6, 6.07) is 4.99. The number of benzene rings is 1. The molecule has 0 aliphatic rings. The average molecular weight is 273 g/mol. The molecule has 0 saturated heterocycles. The topological polar surface area (TPSA) is 61.7 Å².